The number of pyridine rings is 2. The first-order chi connectivity index (χ1) is 17.2. The third kappa shape index (κ3) is 5.66. The van der Waals surface area contributed by atoms with Crippen LogP contribution < -0.4 is 27.0 Å². The molecule has 12 heteroatoms. The second-order valence-corrected chi connectivity index (χ2v) is 8.37. The summed E-state index contributed by atoms with van der Waals surface area (Å²) in [5.41, 5.74) is 11.9. The fraction of sp³-hybridized carbons (Fsp3) is 0.292. The number of halogens is 3. The predicted molar refractivity (Wildman–Crippen MR) is 130 cm³/mol. The van der Waals surface area contributed by atoms with Crippen LogP contribution in [0.25, 0.3) is 0 Å². The molecule has 0 aliphatic carbocycles. The number of primary amides is 1. The van der Waals surface area contributed by atoms with E-state index in [1.165, 1.54) is 30.5 Å². The minimum absolute atomic E-state index is 0.116. The van der Waals surface area contributed by atoms with Gasteiger partial charge in [-0.3, -0.25) is 4.79 Å². The van der Waals surface area contributed by atoms with Crippen LogP contribution in [0.3, 0.4) is 0 Å². The number of rotatable bonds is 8. The number of hydrogen-bond acceptors (Lipinski definition) is 8. The lowest BCUT2D eigenvalue weighted by atomic mass is 10.0. The Morgan fingerprint density at radius 1 is 1.11 bits per heavy atom. The lowest BCUT2D eigenvalue weighted by Crippen LogP contribution is -2.37. The quantitative estimate of drug-likeness (QED) is 0.370. The SMILES string of the molecule is C[C@H](N)[C@H](Nc1nc(Nc2cnc(N3CCOCC3)c(F)c2)c(C(N)=O)cc1F)c1cccc(F)c1. The van der Waals surface area contributed by atoms with Gasteiger partial charge in [0, 0.05) is 25.2 Å². The summed E-state index contributed by atoms with van der Waals surface area (Å²) in [4.78, 5) is 22.1. The van der Waals surface area contributed by atoms with Crippen LogP contribution in [0.1, 0.15) is 28.9 Å². The zero-order valence-corrected chi connectivity index (χ0v) is 19.5. The molecule has 1 aromatic carbocycles. The Labute approximate surface area is 205 Å². The standard InChI is InChI=1S/C24H26F3N7O2/c1-13(28)20(14-3-2-4-15(25)9-14)32-23-18(26)11-17(21(29)35)22(33-23)31-16-10-19(27)24(30-12-16)34-5-7-36-8-6-34/h2-4,9-13,20H,5-8,28H2,1H3,(H2,29,35)(H2,31,32,33)/t13-,20-/m0/s1. The molecule has 9 nitrogen and oxygen atoms in total. The summed E-state index contributed by atoms with van der Waals surface area (Å²) in [5, 5.41) is 5.66. The number of aromatic nitrogens is 2. The number of ether oxygens (including phenoxy) is 1. The summed E-state index contributed by atoms with van der Waals surface area (Å²) in [6.07, 6.45) is 1.37. The van der Waals surface area contributed by atoms with Crippen LogP contribution in [0.5, 0.6) is 0 Å². The van der Waals surface area contributed by atoms with Crippen molar-refractivity contribution in [1.82, 2.24) is 9.97 Å². The first-order valence-corrected chi connectivity index (χ1v) is 11.3. The van der Waals surface area contributed by atoms with Crippen molar-refractivity contribution in [1.29, 1.82) is 0 Å². The highest BCUT2D eigenvalue weighted by atomic mass is 19.1. The molecule has 36 heavy (non-hydrogen) atoms. The minimum Gasteiger partial charge on any atom is -0.378 e. The molecular formula is C24H26F3N7O2. The van der Waals surface area contributed by atoms with Crippen LogP contribution in [0.4, 0.5) is 36.3 Å². The third-order valence-electron chi connectivity index (χ3n) is 5.66. The van der Waals surface area contributed by atoms with Crippen molar-refractivity contribution in [2.45, 2.75) is 19.0 Å². The van der Waals surface area contributed by atoms with E-state index < -0.39 is 35.4 Å². The van der Waals surface area contributed by atoms with E-state index >= 15 is 0 Å². The number of nitrogens with one attached hydrogen (secondary N) is 2. The first kappa shape index (κ1) is 25.2. The van der Waals surface area contributed by atoms with E-state index in [9.17, 15) is 18.0 Å². The molecule has 2 atom stereocenters. The van der Waals surface area contributed by atoms with Gasteiger partial charge < -0.3 is 31.7 Å². The van der Waals surface area contributed by atoms with E-state index in [1.807, 2.05) is 0 Å². The Bertz CT molecular complexity index is 1250. The number of amides is 1. The van der Waals surface area contributed by atoms with E-state index in [2.05, 4.69) is 20.6 Å². The molecule has 0 radical (unpaired) electrons. The molecule has 0 saturated carbocycles. The van der Waals surface area contributed by atoms with E-state index in [4.69, 9.17) is 16.2 Å². The predicted octanol–water partition coefficient (Wildman–Crippen LogP) is 3.07. The second-order valence-electron chi connectivity index (χ2n) is 8.37. The van der Waals surface area contributed by atoms with Crippen molar-refractivity contribution < 1.29 is 22.7 Å². The Balaban J connectivity index is 1.64. The molecule has 1 amide bonds. The summed E-state index contributed by atoms with van der Waals surface area (Å²) in [6.45, 7) is 3.61. The molecular weight excluding hydrogens is 475 g/mol. The minimum atomic E-state index is -0.942. The zero-order valence-electron chi connectivity index (χ0n) is 19.5. The van der Waals surface area contributed by atoms with Crippen molar-refractivity contribution in [2.75, 3.05) is 41.8 Å². The van der Waals surface area contributed by atoms with Crippen LogP contribution in [0, 0.1) is 17.5 Å². The van der Waals surface area contributed by atoms with Gasteiger partial charge in [0.2, 0.25) is 0 Å². The average Bonchev–Trinajstić information content (AvgIpc) is 2.84. The highest BCUT2D eigenvalue weighted by molar-refractivity contribution is 5.98. The highest BCUT2D eigenvalue weighted by Crippen LogP contribution is 2.29. The fourth-order valence-corrected chi connectivity index (χ4v) is 3.88. The van der Waals surface area contributed by atoms with Crippen LogP contribution in [0.15, 0.2) is 42.6 Å². The average molecular weight is 502 g/mol. The largest absolute Gasteiger partial charge is 0.378 e. The van der Waals surface area contributed by atoms with Gasteiger partial charge in [0.15, 0.2) is 23.3 Å². The van der Waals surface area contributed by atoms with Crippen molar-refractivity contribution in [3.05, 3.63) is 71.2 Å². The molecule has 4 rings (SSSR count). The monoisotopic (exact) mass is 501 g/mol. The number of hydrogen-bond donors (Lipinski definition) is 4. The lowest BCUT2D eigenvalue weighted by Gasteiger charge is -2.28. The maximum Gasteiger partial charge on any atom is 0.252 e. The summed E-state index contributed by atoms with van der Waals surface area (Å²) in [5.74, 6) is -3.09. The summed E-state index contributed by atoms with van der Waals surface area (Å²) < 4.78 is 48.8. The van der Waals surface area contributed by atoms with E-state index in [-0.39, 0.29) is 28.7 Å². The molecule has 1 fully saturated rings. The van der Waals surface area contributed by atoms with E-state index in [0.717, 1.165) is 6.07 Å². The van der Waals surface area contributed by atoms with Crippen LogP contribution >= 0.6 is 0 Å². The van der Waals surface area contributed by atoms with Gasteiger partial charge in [-0.2, -0.15) is 0 Å². The second kappa shape index (κ2) is 10.8. The molecule has 1 aliphatic rings. The topological polar surface area (TPSA) is 131 Å². The number of benzene rings is 1. The number of carbonyl (C=O) groups is 1. The highest BCUT2D eigenvalue weighted by Gasteiger charge is 2.23. The maximum absolute atomic E-state index is 14.9. The molecule has 1 aliphatic heterocycles. The van der Waals surface area contributed by atoms with Gasteiger partial charge in [0.25, 0.3) is 5.91 Å². The first-order valence-electron chi connectivity index (χ1n) is 11.3. The number of morpholine rings is 1. The van der Waals surface area contributed by atoms with Crippen molar-refractivity contribution in [2.24, 2.45) is 11.5 Å². The van der Waals surface area contributed by atoms with E-state index in [1.54, 1.807) is 17.9 Å². The molecule has 0 unspecified atom stereocenters. The normalized spacial score (nSPS) is 15.3. The van der Waals surface area contributed by atoms with Crippen molar-refractivity contribution in [3.63, 3.8) is 0 Å². The molecule has 2 aromatic heterocycles. The summed E-state index contributed by atoms with van der Waals surface area (Å²) in [7, 11) is 0. The summed E-state index contributed by atoms with van der Waals surface area (Å²) >= 11 is 0. The number of nitrogens with zero attached hydrogens (tertiary/aromatic N) is 3. The molecule has 0 spiro atoms. The number of carbonyl (C=O) groups excluding carboxylic acids is 1. The van der Waals surface area contributed by atoms with Crippen LogP contribution in [-0.2, 0) is 4.74 Å². The van der Waals surface area contributed by atoms with Crippen molar-refractivity contribution in [3.8, 4) is 0 Å². The van der Waals surface area contributed by atoms with Gasteiger partial charge in [-0.15, -0.1) is 0 Å². The van der Waals surface area contributed by atoms with Gasteiger partial charge in [0.1, 0.15) is 11.6 Å². The molecule has 0 bridgehead atoms. The Hall–Kier alpha value is -3.90. The number of anilines is 4. The third-order valence-corrected chi connectivity index (χ3v) is 5.66. The lowest BCUT2D eigenvalue weighted by molar-refractivity contribution is 0.100. The Morgan fingerprint density at radius 3 is 2.50 bits per heavy atom. The molecule has 1 saturated heterocycles. The molecule has 6 N–H and O–H groups in total. The molecule has 3 aromatic rings. The van der Waals surface area contributed by atoms with E-state index in [0.29, 0.717) is 31.9 Å². The van der Waals surface area contributed by atoms with Gasteiger partial charge in [-0.1, -0.05) is 12.1 Å². The fourth-order valence-electron chi connectivity index (χ4n) is 3.88. The zero-order chi connectivity index (χ0) is 25.8. The van der Waals surface area contributed by atoms with Gasteiger partial charge in [-0.25, -0.2) is 23.1 Å². The Morgan fingerprint density at radius 2 is 1.86 bits per heavy atom. The smallest absolute Gasteiger partial charge is 0.252 e. The Kier molecular flexibility index (Phi) is 7.55. The maximum atomic E-state index is 14.9. The van der Waals surface area contributed by atoms with Gasteiger partial charge in [0.05, 0.1) is 36.7 Å². The van der Waals surface area contributed by atoms with Gasteiger partial charge >= 0.3 is 0 Å². The van der Waals surface area contributed by atoms with Gasteiger partial charge in [-0.05, 0) is 30.7 Å². The van der Waals surface area contributed by atoms with Crippen molar-refractivity contribution >= 4 is 29.0 Å². The van der Waals surface area contributed by atoms with Crippen LogP contribution in [0.2, 0.25) is 0 Å². The van der Waals surface area contributed by atoms with Crippen LogP contribution in [-0.4, -0.2) is 48.2 Å². The molecule has 3 heterocycles. The summed E-state index contributed by atoms with van der Waals surface area (Å²) in [6, 6.07) is 6.55. The number of nitrogens with two attached hydrogens (primary N) is 2. The molecule has 190 valence electrons.